The highest BCUT2D eigenvalue weighted by Crippen LogP contribution is 2.39. The average molecular weight is 312 g/mol. The van der Waals surface area contributed by atoms with E-state index in [0.29, 0.717) is 17.0 Å². The number of rotatable bonds is 6. The second-order valence-electron chi connectivity index (χ2n) is 5.92. The van der Waals surface area contributed by atoms with Crippen LogP contribution in [0.2, 0.25) is 0 Å². The van der Waals surface area contributed by atoms with Crippen molar-refractivity contribution in [2.45, 2.75) is 38.0 Å². The van der Waals surface area contributed by atoms with Crippen LogP contribution in [0.15, 0.2) is 24.3 Å². The van der Waals surface area contributed by atoms with Gasteiger partial charge >= 0.3 is 0 Å². The van der Waals surface area contributed by atoms with Crippen LogP contribution in [0.4, 0.5) is 0 Å². The van der Waals surface area contributed by atoms with Gasteiger partial charge in [0.1, 0.15) is 4.99 Å². The van der Waals surface area contributed by atoms with Crippen molar-refractivity contribution in [3.63, 3.8) is 0 Å². The molecule has 0 heterocycles. The fourth-order valence-electron chi connectivity index (χ4n) is 2.36. The summed E-state index contributed by atoms with van der Waals surface area (Å²) < 4.78 is 27.3. The van der Waals surface area contributed by atoms with Crippen LogP contribution in [-0.2, 0) is 15.8 Å². The average Bonchev–Trinajstić information content (AvgIpc) is 3.10. The molecule has 20 heavy (non-hydrogen) atoms. The van der Waals surface area contributed by atoms with Crippen molar-refractivity contribution in [1.29, 1.82) is 0 Å². The molecule has 0 unspecified atom stereocenters. The predicted octanol–water partition coefficient (Wildman–Crippen LogP) is 1.93. The van der Waals surface area contributed by atoms with E-state index >= 15 is 0 Å². The topological polar surface area (TPSA) is 72.2 Å². The van der Waals surface area contributed by atoms with E-state index < -0.39 is 10.0 Å². The first kappa shape index (κ1) is 15.4. The molecule has 3 N–H and O–H groups in total. The number of hydrogen-bond acceptors (Lipinski definition) is 3. The lowest BCUT2D eigenvalue weighted by atomic mass is 10.0. The SMILES string of the molecule is CC(C)(NS(=O)(=O)Cc1cccc(C(N)=S)c1)C1CC1. The van der Waals surface area contributed by atoms with E-state index in [9.17, 15) is 8.42 Å². The second-order valence-corrected chi connectivity index (χ2v) is 8.08. The summed E-state index contributed by atoms with van der Waals surface area (Å²) in [6.45, 7) is 3.88. The molecule has 4 nitrogen and oxygen atoms in total. The fourth-order valence-corrected chi connectivity index (χ4v) is 4.14. The van der Waals surface area contributed by atoms with E-state index in [1.807, 2.05) is 13.8 Å². The highest BCUT2D eigenvalue weighted by Gasteiger charge is 2.40. The Morgan fingerprint density at radius 3 is 2.65 bits per heavy atom. The summed E-state index contributed by atoms with van der Waals surface area (Å²) in [7, 11) is -3.37. The summed E-state index contributed by atoms with van der Waals surface area (Å²) in [6.07, 6.45) is 2.18. The molecule has 1 aliphatic rings. The number of hydrogen-bond donors (Lipinski definition) is 2. The van der Waals surface area contributed by atoms with Gasteiger partial charge in [0.2, 0.25) is 10.0 Å². The molecule has 1 aromatic rings. The van der Waals surface area contributed by atoms with Crippen molar-refractivity contribution < 1.29 is 8.42 Å². The second kappa shape index (κ2) is 5.42. The van der Waals surface area contributed by atoms with Crippen LogP contribution in [0.25, 0.3) is 0 Å². The Kier molecular flexibility index (Phi) is 4.18. The van der Waals surface area contributed by atoms with Gasteiger partial charge in [-0.25, -0.2) is 13.1 Å². The first-order chi connectivity index (χ1) is 9.20. The third kappa shape index (κ3) is 4.01. The Labute approximate surface area is 125 Å². The van der Waals surface area contributed by atoms with Crippen LogP contribution in [0.1, 0.15) is 37.8 Å². The Hall–Kier alpha value is -0.980. The molecule has 1 saturated carbocycles. The molecular weight excluding hydrogens is 292 g/mol. The van der Waals surface area contributed by atoms with Gasteiger partial charge < -0.3 is 5.73 Å². The van der Waals surface area contributed by atoms with E-state index in [0.717, 1.165) is 12.8 Å². The van der Waals surface area contributed by atoms with Crippen molar-refractivity contribution in [2.24, 2.45) is 11.7 Å². The predicted molar refractivity (Wildman–Crippen MR) is 84.9 cm³/mol. The molecule has 6 heteroatoms. The number of benzene rings is 1. The van der Waals surface area contributed by atoms with E-state index in [1.54, 1.807) is 24.3 Å². The van der Waals surface area contributed by atoms with E-state index in [1.165, 1.54) is 0 Å². The van der Waals surface area contributed by atoms with Crippen molar-refractivity contribution >= 4 is 27.2 Å². The van der Waals surface area contributed by atoms with Gasteiger partial charge in [0.25, 0.3) is 0 Å². The highest BCUT2D eigenvalue weighted by atomic mass is 32.2. The van der Waals surface area contributed by atoms with Gasteiger partial charge in [-0.1, -0.05) is 30.4 Å². The number of thiocarbonyl (C=S) groups is 1. The molecule has 1 aliphatic carbocycles. The van der Waals surface area contributed by atoms with Gasteiger partial charge in [0.05, 0.1) is 5.75 Å². The van der Waals surface area contributed by atoms with Crippen LogP contribution in [0.5, 0.6) is 0 Å². The standard InChI is InChI=1S/C14H20N2O2S2/c1-14(2,12-6-7-12)16-20(17,18)9-10-4-3-5-11(8-10)13(15)19/h3-5,8,12,16H,6-7,9H2,1-2H3,(H2,15,19). The summed E-state index contributed by atoms with van der Waals surface area (Å²) in [4.78, 5) is 0.274. The summed E-state index contributed by atoms with van der Waals surface area (Å²) >= 11 is 4.91. The molecule has 0 saturated heterocycles. The van der Waals surface area contributed by atoms with Crippen molar-refractivity contribution in [2.75, 3.05) is 0 Å². The summed E-state index contributed by atoms with van der Waals surface area (Å²) in [5, 5.41) is 0. The van der Waals surface area contributed by atoms with Crippen molar-refractivity contribution in [3.8, 4) is 0 Å². The largest absolute Gasteiger partial charge is 0.389 e. The molecule has 0 aliphatic heterocycles. The quantitative estimate of drug-likeness (QED) is 0.787. The van der Waals surface area contributed by atoms with E-state index in [2.05, 4.69) is 4.72 Å². The van der Waals surface area contributed by atoms with Crippen molar-refractivity contribution in [3.05, 3.63) is 35.4 Å². The smallest absolute Gasteiger partial charge is 0.216 e. The maximum Gasteiger partial charge on any atom is 0.216 e. The van der Waals surface area contributed by atoms with Crippen LogP contribution in [0, 0.1) is 5.92 Å². The molecule has 0 aromatic heterocycles. The lowest BCUT2D eigenvalue weighted by Gasteiger charge is -2.25. The van der Waals surface area contributed by atoms with Gasteiger partial charge in [-0.3, -0.25) is 0 Å². The highest BCUT2D eigenvalue weighted by molar-refractivity contribution is 7.88. The third-order valence-electron chi connectivity index (χ3n) is 3.58. The summed E-state index contributed by atoms with van der Waals surface area (Å²) in [5.74, 6) is 0.389. The van der Waals surface area contributed by atoms with Gasteiger partial charge in [-0.2, -0.15) is 0 Å². The Morgan fingerprint density at radius 1 is 1.45 bits per heavy atom. The maximum atomic E-state index is 12.3. The first-order valence-corrected chi connectivity index (χ1v) is 8.66. The van der Waals surface area contributed by atoms with Gasteiger partial charge in [0, 0.05) is 11.1 Å². The van der Waals surface area contributed by atoms with Crippen LogP contribution < -0.4 is 10.5 Å². The monoisotopic (exact) mass is 312 g/mol. The van der Waals surface area contributed by atoms with E-state index in [4.69, 9.17) is 18.0 Å². The zero-order valence-corrected chi connectivity index (χ0v) is 13.4. The molecule has 1 aromatic carbocycles. The number of sulfonamides is 1. The first-order valence-electron chi connectivity index (χ1n) is 6.60. The van der Waals surface area contributed by atoms with Gasteiger partial charge in [0.15, 0.2) is 0 Å². The fraction of sp³-hybridized carbons (Fsp3) is 0.500. The Morgan fingerprint density at radius 2 is 2.10 bits per heavy atom. The van der Waals surface area contributed by atoms with Crippen molar-refractivity contribution in [1.82, 2.24) is 4.72 Å². The molecule has 0 spiro atoms. The van der Waals surface area contributed by atoms with E-state index in [-0.39, 0.29) is 16.3 Å². The summed E-state index contributed by atoms with van der Waals surface area (Å²) in [6, 6.07) is 7.04. The number of nitrogens with one attached hydrogen (secondary N) is 1. The zero-order valence-electron chi connectivity index (χ0n) is 11.7. The molecule has 110 valence electrons. The molecule has 0 amide bonds. The molecule has 0 atom stereocenters. The molecule has 1 fully saturated rings. The minimum absolute atomic E-state index is 0.0559. The molecule has 0 bridgehead atoms. The zero-order chi connectivity index (χ0) is 15.0. The molecular formula is C14H20N2O2S2. The lowest BCUT2D eigenvalue weighted by molar-refractivity contribution is 0.400. The molecule has 0 radical (unpaired) electrons. The van der Waals surface area contributed by atoms with Gasteiger partial charge in [-0.05, 0) is 44.2 Å². The third-order valence-corrected chi connectivity index (χ3v) is 5.37. The minimum atomic E-state index is -3.37. The van der Waals surface area contributed by atoms with Crippen LogP contribution in [0.3, 0.4) is 0 Å². The lowest BCUT2D eigenvalue weighted by Crippen LogP contribution is -2.45. The molecule has 2 rings (SSSR count). The van der Waals surface area contributed by atoms with Crippen LogP contribution >= 0.6 is 12.2 Å². The number of nitrogens with two attached hydrogens (primary N) is 1. The maximum absolute atomic E-state index is 12.3. The normalized spacial score (nSPS) is 16.1. The summed E-state index contributed by atoms with van der Waals surface area (Å²) in [5.41, 5.74) is 6.57. The minimum Gasteiger partial charge on any atom is -0.389 e. The Bertz CT molecular complexity index is 620. The van der Waals surface area contributed by atoms with Gasteiger partial charge in [-0.15, -0.1) is 0 Å². The van der Waals surface area contributed by atoms with Crippen LogP contribution in [-0.4, -0.2) is 18.9 Å². The Balaban J connectivity index is 2.11.